The number of aromatic nitrogens is 6. The molecule has 0 bridgehead atoms. The van der Waals surface area contributed by atoms with Crippen molar-refractivity contribution in [1.82, 2.24) is 35.0 Å². The van der Waals surface area contributed by atoms with Crippen molar-refractivity contribution in [3.8, 4) is 5.95 Å². The number of rotatable bonds is 7. The van der Waals surface area contributed by atoms with Crippen LogP contribution in [0.15, 0.2) is 12.7 Å². The van der Waals surface area contributed by atoms with Gasteiger partial charge in [0, 0.05) is 19.5 Å². The van der Waals surface area contributed by atoms with Crippen LogP contribution < -0.4 is 10.6 Å². The van der Waals surface area contributed by atoms with Crippen molar-refractivity contribution in [2.45, 2.75) is 19.8 Å². The van der Waals surface area contributed by atoms with Crippen molar-refractivity contribution in [3.63, 3.8) is 0 Å². The number of carbonyl (C=O) groups is 1. The lowest BCUT2D eigenvalue weighted by atomic mass is 10.4. The van der Waals surface area contributed by atoms with Crippen molar-refractivity contribution in [2.75, 3.05) is 18.4 Å². The molecule has 0 aliphatic heterocycles. The molecule has 0 fully saturated rings. The van der Waals surface area contributed by atoms with Crippen LogP contribution in [0.3, 0.4) is 0 Å². The van der Waals surface area contributed by atoms with Crippen LogP contribution in [-0.2, 0) is 4.79 Å². The molecule has 1 amide bonds. The first-order valence-electron chi connectivity index (χ1n) is 6.46. The van der Waals surface area contributed by atoms with E-state index in [1.807, 2.05) is 6.92 Å². The molecule has 2 aromatic rings. The number of hydrogen-bond donors (Lipinski definition) is 2. The van der Waals surface area contributed by atoms with Gasteiger partial charge in [-0.05, 0) is 18.0 Å². The van der Waals surface area contributed by atoms with Crippen LogP contribution in [0.4, 0.5) is 5.95 Å². The SMILES string of the molecule is CCCNC(=O)CCNc1nc(Cl)nc(-n2cncn2)n1. The van der Waals surface area contributed by atoms with Crippen LogP contribution in [0, 0.1) is 0 Å². The Morgan fingerprint density at radius 1 is 1.33 bits per heavy atom. The van der Waals surface area contributed by atoms with E-state index in [9.17, 15) is 4.79 Å². The topological polar surface area (TPSA) is 111 Å². The van der Waals surface area contributed by atoms with Crippen molar-refractivity contribution in [3.05, 3.63) is 17.9 Å². The van der Waals surface area contributed by atoms with Crippen LogP contribution in [-0.4, -0.2) is 48.7 Å². The first-order chi connectivity index (χ1) is 10.2. The second kappa shape index (κ2) is 7.48. The number of hydrogen-bond acceptors (Lipinski definition) is 7. The summed E-state index contributed by atoms with van der Waals surface area (Å²) >= 11 is 5.83. The lowest BCUT2D eigenvalue weighted by molar-refractivity contribution is -0.120. The molecule has 0 spiro atoms. The molecule has 0 aliphatic rings. The van der Waals surface area contributed by atoms with Crippen LogP contribution in [0.25, 0.3) is 5.95 Å². The van der Waals surface area contributed by atoms with Gasteiger partial charge >= 0.3 is 0 Å². The first-order valence-corrected chi connectivity index (χ1v) is 6.84. The van der Waals surface area contributed by atoms with E-state index in [1.165, 1.54) is 17.3 Å². The minimum atomic E-state index is -0.0268. The van der Waals surface area contributed by atoms with Crippen molar-refractivity contribution < 1.29 is 4.79 Å². The molecule has 2 rings (SSSR count). The van der Waals surface area contributed by atoms with Crippen LogP contribution >= 0.6 is 11.6 Å². The normalized spacial score (nSPS) is 10.4. The van der Waals surface area contributed by atoms with E-state index in [4.69, 9.17) is 11.6 Å². The van der Waals surface area contributed by atoms with E-state index in [0.717, 1.165) is 6.42 Å². The van der Waals surface area contributed by atoms with Gasteiger partial charge < -0.3 is 10.6 Å². The smallest absolute Gasteiger partial charge is 0.258 e. The molecule has 0 aromatic carbocycles. The zero-order valence-corrected chi connectivity index (χ0v) is 12.2. The van der Waals surface area contributed by atoms with Crippen LogP contribution in [0.5, 0.6) is 0 Å². The lowest BCUT2D eigenvalue weighted by Gasteiger charge is -2.07. The second-order valence-corrected chi connectivity index (χ2v) is 4.43. The van der Waals surface area contributed by atoms with Gasteiger partial charge in [-0.15, -0.1) is 0 Å². The molecule has 112 valence electrons. The average Bonchev–Trinajstić information content (AvgIpc) is 2.99. The van der Waals surface area contributed by atoms with E-state index >= 15 is 0 Å². The Morgan fingerprint density at radius 3 is 2.90 bits per heavy atom. The fourth-order valence-electron chi connectivity index (χ4n) is 1.47. The Bertz CT molecular complexity index is 588. The molecule has 0 radical (unpaired) electrons. The molecule has 9 nitrogen and oxygen atoms in total. The Balaban J connectivity index is 1.93. The predicted molar refractivity (Wildman–Crippen MR) is 76.2 cm³/mol. The molecule has 2 heterocycles. The maximum absolute atomic E-state index is 11.5. The summed E-state index contributed by atoms with van der Waals surface area (Å²) in [5, 5.41) is 9.66. The molecule has 0 saturated carbocycles. The van der Waals surface area contributed by atoms with Crippen molar-refractivity contribution in [1.29, 1.82) is 0 Å². The summed E-state index contributed by atoms with van der Waals surface area (Å²) in [4.78, 5) is 27.3. The number of nitrogens with zero attached hydrogens (tertiary/aromatic N) is 6. The molecule has 2 aromatic heterocycles. The number of nitrogens with one attached hydrogen (secondary N) is 2. The molecule has 2 N–H and O–H groups in total. The fourth-order valence-corrected chi connectivity index (χ4v) is 1.63. The van der Waals surface area contributed by atoms with Gasteiger partial charge in [-0.25, -0.2) is 4.98 Å². The largest absolute Gasteiger partial charge is 0.356 e. The molecule has 0 atom stereocenters. The number of amides is 1. The van der Waals surface area contributed by atoms with Gasteiger partial charge in [-0.3, -0.25) is 4.79 Å². The highest BCUT2D eigenvalue weighted by atomic mass is 35.5. The fraction of sp³-hybridized carbons (Fsp3) is 0.455. The maximum atomic E-state index is 11.5. The molecular weight excluding hydrogens is 296 g/mol. The van der Waals surface area contributed by atoms with Gasteiger partial charge in [-0.1, -0.05) is 6.92 Å². The summed E-state index contributed by atoms with van der Waals surface area (Å²) in [7, 11) is 0. The Morgan fingerprint density at radius 2 is 2.19 bits per heavy atom. The zero-order chi connectivity index (χ0) is 15.1. The van der Waals surface area contributed by atoms with Gasteiger partial charge in [0.25, 0.3) is 5.95 Å². The van der Waals surface area contributed by atoms with Crippen LogP contribution in [0.1, 0.15) is 19.8 Å². The summed E-state index contributed by atoms with van der Waals surface area (Å²) in [6, 6.07) is 0. The van der Waals surface area contributed by atoms with E-state index in [-0.39, 0.29) is 23.1 Å². The van der Waals surface area contributed by atoms with Gasteiger partial charge in [0.15, 0.2) is 0 Å². The third kappa shape index (κ3) is 4.63. The predicted octanol–water partition coefficient (Wildman–Crippen LogP) is 0.434. The van der Waals surface area contributed by atoms with E-state index in [0.29, 0.717) is 19.5 Å². The molecule has 10 heteroatoms. The molecule has 0 unspecified atom stereocenters. The van der Waals surface area contributed by atoms with E-state index in [2.05, 4.69) is 35.7 Å². The summed E-state index contributed by atoms with van der Waals surface area (Å²) < 4.78 is 1.37. The molecule has 0 saturated heterocycles. The maximum Gasteiger partial charge on any atom is 0.258 e. The highest BCUT2D eigenvalue weighted by Gasteiger charge is 2.08. The minimum absolute atomic E-state index is 0.0268. The van der Waals surface area contributed by atoms with Crippen molar-refractivity contribution in [2.24, 2.45) is 0 Å². The summed E-state index contributed by atoms with van der Waals surface area (Å²) in [6.07, 6.45) is 4.04. The van der Waals surface area contributed by atoms with Gasteiger partial charge in [0.05, 0.1) is 0 Å². The highest BCUT2D eigenvalue weighted by molar-refractivity contribution is 6.28. The summed E-state index contributed by atoms with van der Waals surface area (Å²) in [6.45, 7) is 3.07. The molecular formula is C11H15ClN8O. The van der Waals surface area contributed by atoms with Gasteiger partial charge in [-0.2, -0.15) is 24.7 Å². The second-order valence-electron chi connectivity index (χ2n) is 4.09. The quantitative estimate of drug-likeness (QED) is 0.763. The van der Waals surface area contributed by atoms with Crippen molar-refractivity contribution >= 4 is 23.5 Å². The highest BCUT2D eigenvalue weighted by Crippen LogP contribution is 2.08. The number of anilines is 1. The Hall–Kier alpha value is -2.29. The molecule has 0 aliphatic carbocycles. The first kappa shape index (κ1) is 15.1. The number of halogens is 1. The van der Waals surface area contributed by atoms with Gasteiger partial charge in [0.1, 0.15) is 12.7 Å². The summed E-state index contributed by atoms with van der Waals surface area (Å²) in [5.41, 5.74) is 0. The Labute approximate surface area is 126 Å². The van der Waals surface area contributed by atoms with Crippen LogP contribution in [0.2, 0.25) is 5.28 Å². The van der Waals surface area contributed by atoms with E-state index < -0.39 is 0 Å². The summed E-state index contributed by atoms with van der Waals surface area (Å²) in [5.74, 6) is 0.509. The molecule has 21 heavy (non-hydrogen) atoms. The zero-order valence-electron chi connectivity index (χ0n) is 11.5. The monoisotopic (exact) mass is 310 g/mol. The van der Waals surface area contributed by atoms with E-state index in [1.54, 1.807) is 0 Å². The third-order valence-electron chi connectivity index (χ3n) is 2.43. The third-order valence-corrected chi connectivity index (χ3v) is 2.60. The minimum Gasteiger partial charge on any atom is -0.356 e. The lowest BCUT2D eigenvalue weighted by Crippen LogP contribution is -2.26. The average molecular weight is 311 g/mol. The number of carbonyl (C=O) groups excluding carboxylic acids is 1. The van der Waals surface area contributed by atoms with Gasteiger partial charge in [0.2, 0.25) is 17.1 Å². The standard InChI is InChI=1S/C11H15ClN8O/c1-2-4-14-8(21)3-5-15-10-17-9(12)18-11(19-10)20-7-13-6-16-20/h6-7H,2-5H2,1H3,(H,14,21)(H,15,17,18,19). The Kier molecular flexibility index (Phi) is 5.38.